The molecule has 0 aliphatic rings. The van der Waals surface area contributed by atoms with Crippen molar-refractivity contribution in [3.8, 4) is 0 Å². The molecule has 0 bridgehead atoms. The number of carbonyl (C=O) groups excluding carboxylic acids is 1. The number of hydrogen-bond acceptors (Lipinski definition) is 4. The number of rotatable bonds is 5. The van der Waals surface area contributed by atoms with E-state index < -0.39 is 0 Å². The van der Waals surface area contributed by atoms with E-state index in [2.05, 4.69) is 53.4 Å². The summed E-state index contributed by atoms with van der Waals surface area (Å²) in [6.07, 6.45) is 0. The van der Waals surface area contributed by atoms with Crippen molar-refractivity contribution in [3.05, 3.63) is 59.4 Å². The average Bonchev–Trinajstić information content (AvgIpc) is 2.53. The molecule has 0 saturated carbocycles. The molecule has 1 aromatic carbocycles. The summed E-state index contributed by atoms with van der Waals surface area (Å²) in [5.74, 6) is 4.76. The highest BCUT2D eigenvalue weighted by atomic mass is 16.2. The number of nitrogens with two attached hydrogens (primary N) is 1. The van der Waals surface area contributed by atoms with Crippen LogP contribution in [0.2, 0.25) is 0 Å². The van der Waals surface area contributed by atoms with Crippen molar-refractivity contribution in [3.63, 3.8) is 0 Å². The number of benzene rings is 1. The summed E-state index contributed by atoms with van der Waals surface area (Å²) in [7, 11) is 0. The van der Waals surface area contributed by atoms with Gasteiger partial charge in [-0.25, -0.2) is 10.8 Å². The maximum Gasteiger partial charge on any atom is 0.283 e. The van der Waals surface area contributed by atoms with Gasteiger partial charge in [0.1, 0.15) is 5.69 Å². The standard InChI is InChI=1S/C16H20N4O/c1-3-20(14-9-7-12(2)8-10-14)11-13-5-4-6-15(18-13)16(21)19-17/h4-10H,3,11,17H2,1-2H3,(H,19,21). The summed E-state index contributed by atoms with van der Waals surface area (Å²) in [6.45, 7) is 5.66. The molecular weight excluding hydrogens is 264 g/mol. The Balaban J connectivity index is 2.18. The molecule has 0 atom stereocenters. The van der Waals surface area contributed by atoms with Gasteiger partial charge in [0.2, 0.25) is 0 Å². The van der Waals surface area contributed by atoms with Crippen molar-refractivity contribution >= 4 is 11.6 Å². The van der Waals surface area contributed by atoms with Gasteiger partial charge in [0.25, 0.3) is 5.91 Å². The van der Waals surface area contributed by atoms with Crippen molar-refractivity contribution < 1.29 is 4.79 Å². The third kappa shape index (κ3) is 3.79. The quantitative estimate of drug-likeness (QED) is 0.500. The lowest BCUT2D eigenvalue weighted by molar-refractivity contribution is 0.0948. The number of nitrogens with one attached hydrogen (secondary N) is 1. The van der Waals surface area contributed by atoms with E-state index in [-0.39, 0.29) is 5.91 Å². The predicted octanol–water partition coefficient (Wildman–Crippen LogP) is 2.02. The fourth-order valence-corrected chi connectivity index (χ4v) is 2.10. The van der Waals surface area contributed by atoms with E-state index in [4.69, 9.17) is 5.84 Å². The number of anilines is 1. The van der Waals surface area contributed by atoms with Crippen LogP contribution in [-0.2, 0) is 6.54 Å². The minimum absolute atomic E-state index is 0.329. The number of carbonyl (C=O) groups is 1. The van der Waals surface area contributed by atoms with E-state index >= 15 is 0 Å². The number of aromatic nitrogens is 1. The minimum Gasteiger partial charge on any atom is -0.366 e. The Morgan fingerprint density at radius 2 is 1.95 bits per heavy atom. The maximum absolute atomic E-state index is 11.5. The zero-order valence-corrected chi connectivity index (χ0v) is 12.3. The fourth-order valence-electron chi connectivity index (χ4n) is 2.10. The molecule has 0 aliphatic carbocycles. The Morgan fingerprint density at radius 1 is 1.24 bits per heavy atom. The van der Waals surface area contributed by atoms with Crippen LogP contribution in [0.4, 0.5) is 5.69 Å². The molecule has 1 amide bonds. The van der Waals surface area contributed by atoms with Gasteiger partial charge in [0.05, 0.1) is 12.2 Å². The van der Waals surface area contributed by atoms with Crippen molar-refractivity contribution in [1.82, 2.24) is 10.4 Å². The molecule has 5 nitrogen and oxygen atoms in total. The largest absolute Gasteiger partial charge is 0.366 e. The smallest absolute Gasteiger partial charge is 0.283 e. The van der Waals surface area contributed by atoms with Crippen LogP contribution in [-0.4, -0.2) is 17.4 Å². The predicted molar refractivity (Wildman–Crippen MR) is 83.8 cm³/mol. The molecule has 110 valence electrons. The van der Waals surface area contributed by atoms with Gasteiger partial charge in [-0.2, -0.15) is 0 Å². The Kier molecular flexibility index (Phi) is 4.90. The maximum atomic E-state index is 11.5. The number of amides is 1. The Bertz CT molecular complexity index is 610. The van der Waals surface area contributed by atoms with Gasteiger partial charge in [0, 0.05) is 12.2 Å². The Hall–Kier alpha value is -2.40. The molecule has 0 saturated heterocycles. The highest BCUT2D eigenvalue weighted by Crippen LogP contribution is 2.17. The molecule has 1 heterocycles. The number of nitrogens with zero attached hydrogens (tertiary/aromatic N) is 2. The zero-order chi connectivity index (χ0) is 15.2. The highest BCUT2D eigenvalue weighted by molar-refractivity contribution is 5.91. The fraction of sp³-hybridized carbons (Fsp3) is 0.250. The zero-order valence-electron chi connectivity index (χ0n) is 12.3. The Morgan fingerprint density at radius 3 is 2.57 bits per heavy atom. The second kappa shape index (κ2) is 6.85. The average molecular weight is 284 g/mol. The van der Waals surface area contributed by atoms with Gasteiger partial charge in [0.15, 0.2) is 0 Å². The number of aryl methyl sites for hydroxylation is 1. The third-order valence-electron chi connectivity index (χ3n) is 3.30. The summed E-state index contributed by atoms with van der Waals surface area (Å²) in [4.78, 5) is 18.1. The molecule has 3 N–H and O–H groups in total. The molecular formula is C16H20N4O. The number of hydrogen-bond donors (Lipinski definition) is 2. The lowest BCUT2D eigenvalue weighted by atomic mass is 10.2. The minimum atomic E-state index is -0.379. The monoisotopic (exact) mass is 284 g/mol. The summed E-state index contributed by atoms with van der Waals surface area (Å²) >= 11 is 0. The van der Waals surface area contributed by atoms with E-state index in [1.165, 1.54) is 5.56 Å². The van der Waals surface area contributed by atoms with Crippen molar-refractivity contribution in [2.75, 3.05) is 11.4 Å². The van der Waals surface area contributed by atoms with Crippen LogP contribution < -0.4 is 16.2 Å². The van der Waals surface area contributed by atoms with E-state index in [9.17, 15) is 4.79 Å². The SMILES string of the molecule is CCN(Cc1cccc(C(=O)NN)n1)c1ccc(C)cc1. The van der Waals surface area contributed by atoms with E-state index in [1.807, 2.05) is 12.1 Å². The van der Waals surface area contributed by atoms with Crippen molar-refractivity contribution in [1.29, 1.82) is 0 Å². The van der Waals surface area contributed by atoms with Crippen molar-refractivity contribution in [2.24, 2.45) is 5.84 Å². The highest BCUT2D eigenvalue weighted by Gasteiger charge is 2.09. The van der Waals surface area contributed by atoms with Gasteiger partial charge in [-0.05, 0) is 38.1 Å². The molecule has 0 unspecified atom stereocenters. The summed E-state index contributed by atoms with van der Waals surface area (Å²) in [6, 6.07) is 13.7. The molecule has 0 radical (unpaired) electrons. The lowest BCUT2D eigenvalue weighted by Crippen LogP contribution is -2.31. The summed E-state index contributed by atoms with van der Waals surface area (Å²) in [5.41, 5.74) is 5.63. The molecule has 0 fully saturated rings. The topological polar surface area (TPSA) is 71.2 Å². The third-order valence-corrected chi connectivity index (χ3v) is 3.30. The van der Waals surface area contributed by atoms with E-state index in [0.29, 0.717) is 12.2 Å². The second-order valence-electron chi connectivity index (χ2n) is 4.84. The first kappa shape index (κ1) is 15.0. The first-order chi connectivity index (χ1) is 10.1. The van der Waals surface area contributed by atoms with Crippen LogP contribution >= 0.6 is 0 Å². The van der Waals surface area contributed by atoms with Crippen LogP contribution in [0.3, 0.4) is 0 Å². The molecule has 0 aliphatic heterocycles. The Labute approximate surface area is 124 Å². The first-order valence-electron chi connectivity index (χ1n) is 6.92. The number of pyridine rings is 1. The summed E-state index contributed by atoms with van der Waals surface area (Å²) < 4.78 is 0. The van der Waals surface area contributed by atoms with Gasteiger partial charge < -0.3 is 4.90 Å². The first-order valence-corrected chi connectivity index (χ1v) is 6.92. The van der Waals surface area contributed by atoms with E-state index in [1.54, 1.807) is 6.07 Å². The van der Waals surface area contributed by atoms with E-state index in [0.717, 1.165) is 17.9 Å². The summed E-state index contributed by atoms with van der Waals surface area (Å²) in [5, 5.41) is 0. The van der Waals surface area contributed by atoms with Crippen LogP contribution in [0.25, 0.3) is 0 Å². The number of hydrazine groups is 1. The molecule has 2 aromatic rings. The van der Waals surface area contributed by atoms with Gasteiger partial charge >= 0.3 is 0 Å². The normalized spacial score (nSPS) is 10.2. The van der Waals surface area contributed by atoms with Crippen molar-refractivity contribution in [2.45, 2.75) is 20.4 Å². The van der Waals surface area contributed by atoms with Gasteiger partial charge in [-0.15, -0.1) is 0 Å². The van der Waals surface area contributed by atoms with Crippen LogP contribution in [0.15, 0.2) is 42.5 Å². The number of nitrogen functional groups attached to an aromatic ring is 1. The van der Waals surface area contributed by atoms with Crippen LogP contribution in [0, 0.1) is 6.92 Å². The lowest BCUT2D eigenvalue weighted by Gasteiger charge is -2.23. The molecule has 2 rings (SSSR count). The molecule has 1 aromatic heterocycles. The molecule has 5 heteroatoms. The second-order valence-corrected chi connectivity index (χ2v) is 4.84. The molecule has 21 heavy (non-hydrogen) atoms. The van der Waals surface area contributed by atoms with Gasteiger partial charge in [-0.3, -0.25) is 10.2 Å². The van der Waals surface area contributed by atoms with Crippen LogP contribution in [0.5, 0.6) is 0 Å². The van der Waals surface area contributed by atoms with Crippen LogP contribution in [0.1, 0.15) is 28.7 Å². The molecule has 0 spiro atoms. The van der Waals surface area contributed by atoms with Gasteiger partial charge in [-0.1, -0.05) is 23.8 Å².